The highest BCUT2D eigenvalue weighted by Crippen LogP contribution is 2.32. The minimum Gasteiger partial charge on any atom is -0.313 e. The lowest BCUT2D eigenvalue weighted by molar-refractivity contribution is 0.122. The standard InChI is InChI=1S/C14H20FN/c1-2-4-12-5-7-13(8-6-12)14(15)9-3-10-16-11-14/h5-8,16H,2-4,9-11H2,1H3. The molecule has 0 spiro atoms. The normalized spacial score (nSPS) is 25.6. The molecule has 1 aromatic rings. The second-order valence-electron chi connectivity index (χ2n) is 4.69. The van der Waals surface area contributed by atoms with E-state index in [-0.39, 0.29) is 0 Å². The summed E-state index contributed by atoms with van der Waals surface area (Å²) in [7, 11) is 0. The lowest BCUT2D eigenvalue weighted by Gasteiger charge is -2.30. The van der Waals surface area contributed by atoms with Crippen LogP contribution in [0.3, 0.4) is 0 Å². The molecule has 88 valence electrons. The van der Waals surface area contributed by atoms with Crippen molar-refractivity contribution in [3.8, 4) is 0 Å². The van der Waals surface area contributed by atoms with Gasteiger partial charge in [-0.3, -0.25) is 0 Å². The number of benzene rings is 1. The molecule has 2 heteroatoms. The zero-order chi connectivity index (χ0) is 11.4. The third kappa shape index (κ3) is 2.43. The van der Waals surface area contributed by atoms with Gasteiger partial charge in [-0.25, -0.2) is 4.39 Å². The van der Waals surface area contributed by atoms with E-state index in [0.29, 0.717) is 13.0 Å². The average Bonchev–Trinajstić information content (AvgIpc) is 2.31. The van der Waals surface area contributed by atoms with Crippen molar-refractivity contribution >= 4 is 0 Å². The fraction of sp³-hybridized carbons (Fsp3) is 0.571. The van der Waals surface area contributed by atoms with Gasteiger partial charge < -0.3 is 5.32 Å². The molecular weight excluding hydrogens is 201 g/mol. The Balaban J connectivity index is 2.13. The van der Waals surface area contributed by atoms with E-state index in [0.717, 1.165) is 31.4 Å². The van der Waals surface area contributed by atoms with Gasteiger partial charge in [-0.2, -0.15) is 0 Å². The summed E-state index contributed by atoms with van der Waals surface area (Å²) in [5.41, 5.74) is 0.987. The maximum atomic E-state index is 14.6. The molecule has 2 rings (SSSR count). The van der Waals surface area contributed by atoms with Gasteiger partial charge in [0.05, 0.1) is 0 Å². The second kappa shape index (κ2) is 4.96. The molecule has 1 aromatic carbocycles. The quantitative estimate of drug-likeness (QED) is 0.826. The molecule has 16 heavy (non-hydrogen) atoms. The van der Waals surface area contributed by atoms with Crippen molar-refractivity contribution < 1.29 is 4.39 Å². The third-order valence-corrected chi connectivity index (χ3v) is 3.34. The Labute approximate surface area is 97.1 Å². The monoisotopic (exact) mass is 221 g/mol. The molecule has 1 nitrogen and oxygen atoms in total. The molecule has 1 fully saturated rings. The van der Waals surface area contributed by atoms with Gasteiger partial charge in [0.15, 0.2) is 0 Å². The van der Waals surface area contributed by atoms with Crippen LogP contribution in [0.4, 0.5) is 4.39 Å². The lowest BCUT2D eigenvalue weighted by atomic mass is 9.88. The van der Waals surface area contributed by atoms with Gasteiger partial charge in [-0.15, -0.1) is 0 Å². The van der Waals surface area contributed by atoms with Crippen molar-refractivity contribution in [3.63, 3.8) is 0 Å². The first kappa shape index (κ1) is 11.6. The van der Waals surface area contributed by atoms with Crippen LogP contribution in [0.15, 0.2) is 24.3 Å². The van der Waals surface area contributed by atoms with Crippen LogP contribution in [0.5, 0.6) is 0 Å². The van der Waals surface area contributed by atoms with Gasteiger partial charge in [0.2, 0.25) is 0 Å². The highest BCUT2D eigenvalue weighted by Gasteiger charge is 2.33. The number of aryl methyl sites for hydroxylation is 1. The predicted molar refractivity (Wildman–Crippen MR) is 65.3 cm³/mol. The second-order valence-corrected chi connectivity index (χ2v) is 4.69. The van der Waals surface area contributed by atoms with Crippen molar-refractivity contribution in [1.82, 2.24) is 5.32 Å². The SMILES string of the molecule is CCCc1ccc(C2(F)CCCNC2)cc1. The molecule has 1 unspecified atom stereocenters. The number of alkyl halides is 1. The number of rotatable bonds is 3. The molecule has 0 aromatic heterocycles. The Hall–Kier alpha value is -0.890. The fourth-order valence-corrected chi connectivity index (χ4v) is 2.37. The van der Waals surface area contributed by atoms with E-state index in [1.807, 2.05) is 12.1 Å². The number of piperidine rings is 1. The van der Waals surface area contributed by atoms with Crippen LogP contribution in [0.2, 0.25) is 0 Å². The number of halogens is 1. The van der Waals surface area contributed by atoms with E-state index in [2.05, 4.69) is 24.4 Å². The summed E-state index contributed by atoms with van der Waals surface area (Å²) < 4.78 is 14.6. The molecule has 1 aliphatic rings. The van der Waals surface area contributed by atoms with Crippen molar-refractivity contribution in [1.29, 1.82) is 0 Å². The van der Waals surface area contributed by atoms with Crippen molar-refractivity contribution in [2.45, 2.75) is 38.3 Å². The van der Waals surface area contributed by atoms with Crippen LogP contribution in [0, 0.1) is 0 Å². The van der Waals surface area contributed by atoms with E-state index in [1.165, 1.54) is 5.56 Å². The van der Waals surface area contributed by atoms with Crippen LogP contribution in [0.25, 0.3) is 0 Å². The summed E-state index contributed by atoms with van der Waals surface area (Å²) in [6.45, 7) is 3.56. The molecule has 0 amide bonds. The maximum Gasteiger partial charge on any atom is 0.148 e. The van der Waals surface area contributed by atoms with Gasteiger partial charge in [0.1, 0.15) is 5.67 Å². The molecule has 1 N–H and O–H groups in total. The van der Waals surface area contributed by atoms with E-state index < -0.39 is 5.67 Å². The van der Waals surface area contributed by atoms with Crippen LogP contribution in [-0.4, -0.2) is 13.1 Å². The Morgan fingerprint density at radius 3 is 2.62 bits per heavy atom. The van der Waals surface area contributed by atoms with Crippen LogP contribution < -0.4 is 5.32 Å². The highest BCUT2D eigenvalue weighted by atomic mass is 19.1. The largest absolute Gasteiger partial charge is 0.313 e. The van der Waals surface area contributed by atoms with Gasteiger partial charge in [-0.05, 0) is 36.9 Å². The number of nitrogens with one attached hydrogen (secondary N) is 1. The fourth-order valence-electron chi connectivity index (χ4n) is 2.37. The molecule has 0 saturated carbocycles. The molecule has 1 atom stereocenters. The Kier molecular flexibility index (Phi) is 3.59. The molecule has 0 bridgehead atoms. The Morgan fingerprint density at radius 2 is 2.06 bits per heavy atom. The van der Waals surface area contributed by atoms with Crippen molar-refractivity contribution in [2.75, 3.05) is 13.1 Å². The smallest absolute Gasteiger partial charge is 0.148 e. The molecular formula is C14H20FN. The molecule has 0 radical (unpaired) electrons. The zero-order valence-corrected chi connectivity index (χ0v) is 9.93. The number of hydrogen-bond acceptors (Lipinski definition) is 1. The summed E-state index contributed by atoms with van der Waals surface area (Å²) in [4.78, 5) is 0. The summed E-state index contributed by atoms with van der Waals surface area (Å²) in [6, 6.07) is 8.04. The van der Waals surface area contributed by atoms with Crippen molar-refractivity contribution in [3.05, 3.63) is 35.4 Å². The minimum absolute atomic E-state index is 0.458. The van der Waals surface area contributed by atoms with Crippen LogP contribution >= 0.6 is 0 Å². The van der Waals surface area contributed by atoms with Crippen molar-refractivity contribution in [2.24, 2.45) is 0 Å². The van der Waals surface area contributed by atoms with E-state index >= 15 is 0 Å². The zero-order valence-electron chi connectivity index (χ0n) is 9.93. The van der Waals surface area contributed by atoms with E-state index in [1.54, 1.807) is 0 Å². The molecule has 0 aliphatic carbocycles. The Bertz CT molecular complexity index is 325. The highest BCUT2D eigenvalue weighted by molar-refractivity contribution is 5.28. The van der Waals surface area contributed by atoms with Crippen LogP contribution in [0.1, 0.15) is 37.3 Å². The molecule has 1 aliphatic heterocycles. The summed E-state index contributed by atoms with van der Waals surface area (Å²) in [5, 5.41) is 3.14. The van der Waals surface area contributed by atoms with E-state index in [4.69, 9.17) is 0 Å². The van der Waals surface area contributed by atoms with Gasteiger partial charge in [-0.1, -0.05) is 37.6 Å². The topological polar surface area (TPSA) is 12.0 Å². The summed E-state index contributed by atoms with van der Waals surface area (Å²) in [6.07, 6.45) is 3.79. The van der Waals surface area contributed by atoms with Gasteiger partial charge in [0, 0.05) is 6.54 Å². The lowest BCUT2D eigenvalue weighted by Crippen LogP contribution is -2.40. The molecule has 1 saturated heterocycles. The van der Waals surface area contributed by atoms with Gasteiger partial charge in [0.25, 0.3) is 0 Å². The minimum atomic E-state index is -1.15. The number of hydrogen-bond donors (Lipinski definition) is 1. The summed E-state index contributed by atoms with van der Waals surface area (Å²) in [5.74, 6) is 0. The third-order valence-electron chi connectivity index (χ3n) is 3.34. The van der Waals surface area contributed by atoms with E-state index in [9.17, 15) is 4.39 Å². The Morgan fingerprint density at radius 1 is 1.31 bits per heavy atom. The first-order chi connectivity index (χ1) is 7.74. The predicted octanol–water partition coefficient (Wildman–Crippen LogP) is 3.19. The van der Waals surface area contributed by atoms with Crippen LogP contribution in [-0.2, 0) is 12.1 Å². The maximum absolute atomic E-state index is 14.6. The first-order valence-electron chi connectivity index (χ1n) is 6.24. The average molecular weight is 221 g/mol. The first-order valence-corrected chi connectivity index (χ1v) is 6.24. The molecule has 1 heterocycles. The van der Waals surface area contributed by atoms with Gasteiger partial charge >= 0.3 is 0 Å². The summed E-state index contributed by atoms with van der Waals surface area (Å²) >= 11 is 0.